The van der Waals surface area contributed by atoms with E-state index in [1.165, 1.54) is 22.2 Å². The van der Waals surface area contributed by atoms with Gasteiger partial charge in [-0.25, -0.2) is 10.4 Å². The van der Waals surface area contributed by atoms with Crippen molar-refractivity contribution in [3.05, 3.63) is 88.5 Å². The van der Waals surface area contributed by atoms with Gasteiger partial charge in [0.05, 0.1) is 17.9 Å². The molecule has 1 N–H and O–H groups in total. The van der Waals surface area contributed by atoms with E-state index in [0.717, 1.165) is 21.6 Å². The summed E-state index contributed by atoms with van der Waals surface area (Å²) in [5, 5.41) is 4.45. The van der Waals surface area contributed by atoms with E-state index in [1.54, 1.807) is 6.21 Å². The Morgan fingerprint density at radius 1 is 1.17 bits per heavy atom. The highest BCUT2D eigenvalue weighted by atomic mass is 32.1. The predicted octanol–water partition coefficient (Wildman–Crippen LogP) is 3.58. The zero-order valence-corrected chi connectivity index (χ0v) is 16.5. The Morgan fingerprint density at radius 3 is 2.69 bits per heavy atom. The number of hydrazone groups is 1. The van der Waals surface area contributed by atoms with Crippen molar-refractivity contribution in [1.82, 2.24) is 15.0 Å². The van der Waals surface area contributed by atoms with Crippen molar-refractivity contribution in [3.8, 4) is 10.4 Å². The van der Waals surface area contributed by atoms with E-state index in [0.29, 0.717) is 10.2 Å². The molecule has 0 saturated carbocycles. The standard InChI is InChI=1S/C22H18N4O2S/c1-15-7-9-16(10-8-15)12-24-25-20(27)13-26-14-23-21-18(22(26)28)11-19(29-21)17-5-3-2-4-6-17/h2-12,14H,13H2,1H3,(H,25,27). The van der Waals surface area contributed by atoms with E-state index < -0.39 is 5.91 Å². The fourth-order valence-electron chi connectivity index (χ4n) is 2.84. The number of hydrogen-bond donors (Lipinski definition) is 1. The van der Waals surface area contributed by atoms with Gasteiger partial charge in [0, 0.05) is 4.88 Å². The van der Waals surface area contributed by atoms with Gasteiger partial charge in [-0.15, -0.1) is 11.3 Å². The number of rotatable bonds is 5. The quantitative estimate of drug-likeness (QED) is 0.409. The summed E-state index contributed by atoms with van der Waals surface area (Å²) in [5.74, 6) is -0.393. The minimum Gasteiger partial charge on any atom is -0.289 e. The van der Waals surface area contributed by atoms with Gasteiger partial charge in [0.25, 0.3) is 11.5 Å². The molecule has 0 radical (unpaired) electrons. The summed E-state index contributed by atoms with van der Waals surface area (Å²) in [7, 11) is 0. The smallest absolute Gasteiger partial charge is 0.262 e. The topological polar surface area (TPSA) is 76.3 Å². The van der Waals surface area contributed by atoms with Gasteiger partial charge in [0.15, 0.2) is 0 Å². The van der Waals surface area contributed by atoms with Gasteiger partial charge in [0.1, 0.15) is 11.4 Å². The molecular formula is C22H18N4O2S. The number of carbonyl (C=O) groups is 1. The molecule has 0 bridgehead atoms. The number of fused-ring (bicyclic) bond motifs is 1. The molecular weight excluding hydrogens is 384 g/mol. The summed E-state index contributed by atoms with van der Waals surface area (Å²) in [6, 6.07) is 19.4. The molecule has 0 aliphatic heterocycles. The van der Waals surface area contributed by atoms with E-state index >= 15 is 0 Å². The zero-order valence-electron chi connectivity index (χ0n) is 15.7. The van der Waals surface area contributed by atoms with Crippen LogP contribution in [0.2, 0.25) is 0 Å². The second-order valence-corrected chi connectivity index (χ2v) is 7.61. The maximum atomic E-state index is 12.7. The Bertz CT molecular complexity index is 1240. The van der Waals surface area contributed by atoms with Crippen molar-refractivity contribution >= 4 is 33.7 Å². The van der Waals surface area contributed by atoms with Gasteiger partial charge in [-0.05, 0) is 24.1 Å². The van der Waals surface area contributed by atoms with Crippen LogP contribution in [-0.2, 0) is 11.3 Å². The molecule has 2 aromatic carbocycles. The Hall–Kier alpha value is -3.58. The first-order chi connectivity index (χ1) is 14.1. The van der Waals surface area contributed by atoms with Crippen LogP contribution < -0.4 is 11.0 Å². The van der Waals surface area contributed by atoms with Crippen LogP contribution in [0.4, 0.5) is 0 Å². The summed E-state index contributed by atoms with van der Waals surface area (Å²) in [4.78, 5) is 30.9. The fraction of sp³-hybridized carbons (Fsp3) is 0.0909. The van der Waals surface area contributed by atoms with Crippen LogP contribution in [0.1, 0.15) is 11.1 Å². The summed E-state index contributed by atoms with van der Waals surface area (Å²) in [5.41, 5.74) is 5.26. The molecule has 0 aliphatic carbocycles. The third kappa shape index (κ3) is 4.30. The predicted molar refractivity (Wildman–Crippen MR) is 116 cm³/mol. The number of amides is 1. The SMILES string of the molecule is Cc1ccc(C=NNC(=O)Cn2cnc3sc(-c4ccccc4)cc3c2=O)cc1. The van der Waals surface area contributed by atoms with Crippen molar-refractivity contribution in [2.75, 3.05) is 0 Å². The molecule has 7 heteroatoms. The van der Waals surface area contributed by atoms with Crippen LogP contribution in [0, 0.1) is 6.92 Å². The van der Waals surface area contributed by atoms with E-state index in [4.69, 9.17) is 0 Å². The lowest BCUT2D eigenvalue weighted by atomic mass is 10.2. The molecule has 29 heavy (non-hydrogen) atoms. The highest BCUT2D eigenvalue weighted by Gasteiger charge is 2.12. The lowest BCUT2D eigenvalue weighted by molar-refractivity contribution is -0.121. The van der Waals surface area contributed by atoms with Crippen LogP contribution in [0.5, 0.6) is 0 Å². The van der Waals surface area contributed by atoms with Crippen molar-refractivity contribution in [2.24, 2.45) is 5.10 Å². The van der Waals surface area contributed by atoms with Crippen LogP contribution >= 0.6 is 11.3 Å². The second kappa shape index (κ2) is 8.20. The highest BCUT2D eigenvalue weighted by Crippen LogP contribution is 2.30. The molecule has 2 aromatic heterocycles. The fourth-order valence-corrected chi connectivity index (χ4v) is 3.83. The first-order valence-corrected chi connectivity index (χ1v) is 9.85. The molecule has 0 spiro atoms. The monoisotopic (exact) mass is 402 g/mol. The van der Waals surface area contributed by atoms with E-state index in [2.05, 4.69) is 15.5 Å². The summed E-state index contributed by atoms with van der Waals surface area (Å²) in [6.07, 6.45) is 2.96. The molecule has 0 unspecified atom stereocenters. The number of hydrogen-bond acceptors (Lipinski definition) is 5. The first kappa shape index (κ1) is 18.8. The van der Waals surface area contributed by atoms with Crippen LogP contribution in [-0.4, -0.2) is 21.7 Å². The van der Waals surface area contributed by atoms with Gasteiger partial charge >= 0.3 is 0 Å². The number of nitrogens with zero attached hydrogens (tertiary/aromatic N) is 3. The van der Waals surface area contributed by atoms with E-state index in [9.17, 15) is 9.59 Å². The number of nitrogens with one attached hydrogen (secondary N) is 1. The number of aryl methyl sites for hydroxylation is 1. The molecule has 6 nitrogen and oxygen atoms in total. The molecule has 4 rings (SSSR count). The molecule has 144 valence electrons. The Kier molecular flexibility index (Phi) is 5.31. The first-order valence-electron chi connectivity index (χ1n) is 9.03. The van der Waals surface area contributed by atoms with Gasteiger partial charge in [-0.1, -0.05) is 60.2 Å². The number of carbonyl (C=O) groups excluding carboxylic acids is 1. The number of thiophene rings is 1. The van der Waals surface area contributed by atoms with E-state index in [1.807, 2.05) is 67.6 Å². The third-order valence-electron chi connectivity index (χ3n) is 4.37. The van der Waals surface area contributed by atoms with Crippen molar-refractivity contribution in [3.63, 3.8) is 0 Å². The third-order valence-corrected chi connectivity index (χ3v) is 5.46. The van der Waals surface area contributed by atoms with Crippen molar-refractivity contribution < 1.29 is 4.79 Å². The van der Waals surface area contributed by atoms with Crippen LogP contribution in [0.25, 0.3) is 20.7 Å². The Morgan fingerprint density at radius 2 is 1.93 bits per heavy atom. The van der Waals surface area contributed by atoms with Crippen LogP contribution in [0.3, 0.4) is 0 Å². The lowest BCUT2D eigenvalue weighted by Crippen LogP contribution is -2.29. The molecule has 0 atom stereocenters. The highest BCUT2D eigenvalue weighted by molar-refractivity contribution is 7.21. The van der Waals surface area contributed by atoms with Crippen molar-refractivity contribution in [1.29, 1.82) is 0 Å². The normalized spacial score (nSPS) is 11.2. The Balaban J connectivity index is 1.49. The summed E-state index contributed by atoms with van der Waals surface area (Å²) < 4.78 is 1.29. The average molecular weight is 402 g/mol. The molecule has 2 heterocycles. The lowest BCUT2D eigenvalue weighted by Gasteiger charge is -2.03. The second-order valence-electron chi connectivity index (χ2n) is 6.58. The van der Waals surface area contributed by atoms with Gasteiger partial charge < -0.3 is 0 Å². The van der Waals surface area contributed by atoms with E-state index in [-0.39, 0.29) is 12.1 Å². The Labute approximate surface area is 171 Å². The number of aromatic nitrogens is 2. The minimum atomic E-state index is -0.393. The maximum Gasteiger partial charge on any atom is 0.262 e. The largest absolute Gasteiger partial charge is 0.289 e. The number of benzene rings is 2. The van der Waals surface area contributed by atoms with Crippen molar-refractivity contribution in [2.45, 2.75) is 13.5 Å². The van der Waals surface area contributed by atoms with Gasteiger partial charge in [0.2, 0.25) is 0 Å². The molecule has 4 aromatic rings. The molecule has 0 saturated heterocycles. The summed E-state index contributed by atoms with van der Waals surface area (Å²) in [6.45, 7) is 1.85. The average Bonchev–Trinajstić information content (AvgIpc) is 3.18. The van der Waals surface area contributed by atoms with Gasteiger partial charge in [-0.2, -0.15) is 5.10 Å². The summed E-state index contributed by atoms with van der Waals surface area (Å²) >= 11 is 1.46. The van der Waals surface area contributed by atoms with Gasteiger partial charge in [-0.3, -0.25) is 14.2 Å². The zero-order chi connectivity index (χ0) is 20.2. The van der Waals surface area contributed by atoms with Crippen LogP contribution in [0.15, 0.2) is 76.9 Å². The molecule has 1 amide bonds. The maximum absolute atomic E-state index is 12.7. The molecule has 0 fully saturated rings. The minimum absolute atomic E-state index is 0.149. The molecule has 0 aliphatic rings.